The van der Waals surface area contributed by atoms with E-state index in [1.165, 1.54) is 30.4 Å². The van der Waals surface area contributed by atoms with Crippen LogP contribution in [0.25, 0.3) is 0 Å². The molecule has 1 unspecified atom stereocenters. The molecule has 66 valence electrons. The van der Waals surface area contributed by atoms with Crippen LogP contribution in [0.2, 0.25) is 0 Å². The summed E-state index contributed by atoms with van der Waals surface area (Å²) >= 11 is 0. The number of aryl methyl sites for hydroxylation is 2. The van der Waals surface area contributed by atoms with E-state index in [1.54, 1.807) is 0 Å². The molecule has 1 heterocycles. The standard InChI is InChI=1S/C10H16N2/c1-11-10-5-3-4-8-6-12(2)7-9(8)10/h6-7,10-11H,3-5H2,1-2H3. The van der Waals surface area contributed by atoms with Gasteiger partial charge < -0.3 is 9.88 Å². The maximum absolute atomic E-state index is 3.36. The molecule has 0 amide bonds. The van der Waals surface area contributed by atoms with E-state index in [1.807, 2.05) is 7.05 Å². The fourth-order valence-electron chi connectivity index (χ4n) is 2.13. The van der Waals surface area contributed by atoms with Crippen molar-refractivity contribution < 1.29 is 0 Å². The van der Waals surface area contributed by atoms with Gasteiger partial charge in [-0.05, 0) is 37.4 Å². The van der Waals surface area contributed by atoms with Crippen LogP contribution < -0.4 is 5.32 Å². The second-order valence-corrected chi connectivity index (χ2v) is 3.64. The maximum atomic E-state index is 3.36. The molecule has 0 radical (unpaired) electrons. The minimum Gasteiger partial charge on any atom is -0.357 e. The molecule has 2 heteroatoms. The Morgan fingerprint density at radius 1 is 1.50 bits per heavy atom. The molecule has 0 fully saturated rings. The monoisotopic (exact) mass is 164 g/mol. The Morgan fingerprint density at radius 3 is 3.08 bits per heavy atom. The largest absolute Gasteiger partial charge is 0.357 e. The smallest absolute Gasteiger partial charge is 0.0335 e. The van der Waals surface area contributed by atoms with Crippen molar-refractivity contribution in [3.05, 3.63) is 23.5 Å². The number of aromatic nitrogens is 1. The minimum atomic E-state index is 0.593. The van der Waals surface area contributed by atoms with Gasteiger partial charge in [0.2, 0.25) is 0 Å². The van der Waals surface area contributed by atoms with Crippen LogP contribution >= 0.6 is 0 Å². The van der Waals surface area contributed by atoms with Crippen LogP contribution in [0.1, 0.15) is 30.0 Å². The van der Waals surface area contributed by atoms with Gasteiger partial charge in [-0.1, -0.05) is 0 Å². The summed E-state index contributed by atoms with van der Waals surface area (Å²) in [6.45, 7) is 0. The Hall–Kier alpha value is -0.760. The highest BCUT2D eigenvalue weighted by atomic mass is 14.9. The number of nitrogens with zero attached hydrogens (tertiary/aromatic N) is 1. The summed E-state index contributed by atoms with van der Waals surface area (Å²) in [6, 6.07) is 0.593. The molecule has 2 rings (SSSR count). The van der Waals surface area contributed by atoms with Crippen molar-refractivity contribution in [2.24, 2.45) is 7.05 Å². The number of rotatable bonds is 1. The fraction of sp³-hybridized carbons (Fsp3) is 0.600. The van der Waals surface area contributed by atoms with Crippen LogP contribution in [0.5, 0.6) is 0 Å². The van der Waals surface area contributed by atoms with Crippen LogP contribution in [0.4, 0.5) is 0 Å². The lowest BCUT2D eigenvalue weighted by Crippen LogP contribution is -2.20. The molecule has 1 aromatic heterocycles. The summed E-state index contributed by atoms with van der Waals surface area (Å²) in [5.74, 6) is 0. The number of fused-ring (bicyclic) bond motifs is 1. The van der Waals surface area contributed by atoms with E-state index in [0.717, 1.165) is 0 Å². The number of nitrogens with one attached hydrogen (secondary N) is 1. The predicted molar refractivity (Wildman–Crippen MR) is 50.2 cm³/mol. The lowest BCUT2D eigenvalue weighted by atomic mass is 9.91. The van der Waals surface area contributed by atoms with Gasteiger partial charge in [0, 0.05) is 25.5 Å². The van der Waals surface area contributed by atoms with Crippen molar-refractivity contribution in [3.63, 3.8) is 0 Å². The summed E-state index contributed by atoms with van der Waals surface area (Å²) in [5.41, 5.74) is 3.04. The quantitative estimate of drug-likeness (QED) is 0.667. The van der Waals surface area contributed by atoms with E-state index < -0.39 is 0 Å². The molecule has 0 saturated heterocycles. The first-order valence-electron chi connectivity index (χ1n) is 4.63. The second kappa shape index (κ2) is 2.94. The molecule has 0 aromatic carbocycles. The number of hydrogen-bond acceptors (Lipinski definition) is 1. The molecule has 0 saturated carbocycles. The molecule has 0 spiro atoms. The van der Waals surface area contributed by atoms with E-state index in [4.69, 9.17) is 0 Å². The summed E-state index contributed by atoms with van der Waals surface area (Å²) in [4.78, 5) is 0. The molecule has 0 bridgehead atoms. The molecule has 2 nitrogen and oxygen atoms in total. The highest BCUT2D eigenvalue weighted by Gasteiger charge is 2.19. The van der Waals surface area contributed by atoms with Crippen molar-refractivity contribution in [1.82, 2.24) is 9.88 Å². The zero-order chi connectivity index (χ0) is 8.55. The van der Waals surface area contributed by atoms with Gasteiger partial charge in [-0.15, -0.1) is 0 Å². The average Bonchev–Trinajstić information content (AvgIpc) is 2.44. The van der Waals surface area contributed by atoms with Gasteiger partial charge in [-0.3, -0.25) is 0 Å². The lowest BCUT2D eigenvalue weighted by molar-refractivity contribution is 0.498. The molecular formula is C10H16N2. The fourth-order valence-corrected chi connectivity index (χ4v) is 2.13. The van der Waals surface area contributed by atoms with Gasteiger partial charge in [-0.2, -0.15) is 0 Å². The van der Waals surface area contributed by atoms with Crippen LogP contribution in [-0.4, -0.2) is 11.6 Å². The highest BCUT2D eigenvalue weighted by molar-refractivity contribution is 5.29. The zero-order valence-corrected chi connectivity index (χ0v) is 7.80. The molecule has 1 aliphatic rings. The Labute approximate surface area is 73.6 Å². The Bertz CT molecular complexity index is 275. The first kappa shape index (κ1) is 7.87. The maximum Gasteiger partial charge on any atom is 0.0335 e. The topological polar surface area (TPSA) is 17.0 Å². The van der Waals surface area contributed by atoms with E-state index in [9.17, 15) is 0 Å². The van der Waals surface area contributed by atoms with Crippen LogP contribution in [0, 0.1) is 0 Å². The van der Waals surface area contributed by atoms with Gasteiger partial charge in [0.05, 0.1) is 0 Å². The first-order chi connectivity index (χ1) is 5.81. The van der Waals surface area contributed by atoms with Crippen LogP contribution in [0.3, 0.4) is 0 Å². The van der Waals surface area contributed by atoms with Crippen molar-refractivity contribution in [2.75, 3.05) is 7.05 Å². The van der Waals surface area contributed by atoms with Gasteiger partial charge in [0.1, 0.15) is 0 Å². The van der Waals surface area contributed by atoms with Crippen LogP contribution in [-0.2, 0) is 13.5 Å². The Balaban J connectivity index is 2.36. The van der Waals surface area contributed by atoms with E-state index in [0.29, 0.717) is 6.04 Å². The summed E-state index contributed by atoms with van der Waals surface area (Å²) in [5, 5.41) is 3.36. The van der Waals surface area contributed by atoms with Crippen molar-refractivity contribution in [2.45, 2.75) is 25.3 Å². The summed E-state index contributed by atoms with van der Waals surface area (Å²) in [6.07, 6.45) is 8.36. The van der Waals surface area contributed by atoms with Gasteiger partial charge in [0.15, 0.2) is 0 Å². The van der Waals surface area contributed by atoms with E-state index >= 15 is 0 Å². The second-order valence-electron chi connectivity index (χ2n) is 3.64. The normalized spacial score (nSPS) is 22.3. The van der Waals surface area contributed by atoms with Crippen molar-refractivity contribution >= 4 is 0 Å². The number of hydrogen-bond donors (Lipinski definition) is 1. The van der Waals surface area contributed by atoms with Gasteiger partial charge >= 0.3 is 0 Å². The summed E-state index contributed by atoms with van der Waals surface area (Å²) < 4.78 is 2.17. The highest BCUT2D eigenvalue weighted by Crippen LogP contribution is 2.29. The zero-order valence-electron chi connectivity index (χ0n) is 7.80. The Kier molecular flexibility index (Phi) is 1.93. The molecule has 1 aromatic rings. The molecule has 1 aliphatic carbocycles. The van der Waals surface area contributed by atoms with Crippen molar-refractivity contribution in [1.29, 1.82) is 0 Å². The summed E-state index contributed by atoms with van der Waals surface area (Å²) in [7, 11) is 4.15. The molecular weight excluding hydrogens is 148 g/mol. The minimum absolute atomic E-state index is 0.593. The lowest BCUT2D eigenvalue weighted by Gasteiger charge is -2.21. The van der Waals surface area contributed by atoms with Crippen LogP contribution in [0.15, 0.2) is 12.4 Å². The molecule has 12 heavy (non-hydrogen) atoms. The Morgan fingerprint density at radius 2 is 2.33 bits per heavy atom. The van der Waals surface area contributed by atoms with Crippen molar-refractivity contribution in [3.8, 4) is 0 Å². The van der Waals surface area contributed by atoms with Gasteiger partial charge in [-0.25, -0.2) is 0 Å². The third kappa shape index (κ3) is 1.16. The van der Waals surface area contributed by atoms with Gasteiger partial charge in [0.25, 0.3) is 0 Å². The molecule has 0 aliphatic heterocycles. The van der Waals surface area contributed by atoms with E-state index in [2.05, 4.69) is 29.3 Å². The first-order valence-corrected chi connectivity index (χ1v) is 4.63. The SMILES string of the molecule is CNC1CCCc2cn(C)cc21. The predicted octanol–water partition coefficient (Wildman–Crippen LogP) is 1.62. The molecule has 1 N–H and O–H groups in total. The third-order valence-electron chi connectivity index (χ3n) is 2.74. The molecule has 1 atom stereocenters. The third-order valence-corrected chi connectivity index (χ3v) is 2.74. The van der Waals surface area contributed by atoms with E-state index in [-0.39, 0.29) is 0 Å². The average molecular weight is 164 g/mol.